The second kappa shape index (κ2) is 9.99. The van der Waals surface area contributed by atoms with Gasteiger partial charge in [-0.05, 0) is 43.2 Å². The van der Waals surface area contributed by atoms with E-state index >= 15 is 0 Å². The molecular weight excluding hydrogens is 354 g/mol. The standard InChI is InChI=1S/C22H29N3O3/c1-18-7-5-8-19(17-18)25-14-12-24(13-15-25)11-6-16-28-22(26)23-20-9-3-4-10-21(20)27-2/h3-5,7-10,17H,6,11-16H2,1-2H3,(H,23,26). The molecule has 1 N–H and O–H groups in total. The topological polar surface area (TPSA) is 54.0 Å². The summed E-state index contributed by atoms with van der Waals surface area (Å²) in [4.78, 5) is 16.8. The molecule has 0 saturated carbocycles. The van der Waals surface area contributed by atoms with Gasteiger partial charge in [0, 0.05) is 38.4 Å². The number of nitrogens with one attached hydrogen (secondary N) is 1. The Hall–Kier alpha value is -2.73. The Bertz CT molecular complexity index is 773. The summed E-state index contributed by atoms with van der Waals surface area (Å²) in [6.45, 7) is 7.58. The van der Waals surface area contributed by atoms with Gasteiger partial charge in [0.1, 0.15) is 5.75 Å². The Labute approximate surface area is 167 Å². The number of carbonyl (C=O) groups is 1. The lowest BCUT2D eigenvalue weighted by molar-refractivity contribution is 0.151. The summed E-state index contributed by atoms with van der Waals surface area (Å²) >= 11 is 0. The number of ether oxygens (including phenoxy) is 2. The molecule has 0 unspecified atom stereocenters. The van der Waals surface area contributed by atoms with Crippen LogP contribution >= 0.6 is 0 Å². The number of nitrogens with zero attached hydrogens (tertiary/aromatic N) is 2. The van der Waals surface area contributed by atoms with Crippen molar-refractivity contribution in [1.82, 2.24) is 4.90 Å². The van der Waals surface area contributed by atoms with Crippen LogP contribution in [0.1, 0.15) is 12.0 Å². The summed E-state index contributed by atoms with van der Waals surface area (Å²) in [6, 6.07) is 15.9. The molecule has 1 amide bonds. The van der Waals surface area contributed by atoms with Crippen LogP contribution in [0.15, 0.2) is 48.5 Å². The van der Waals surface area contributed by atoms with Crippen molar-refractivity contribution in [2.75, 3.05) is 56.7 Å². The third-order valence-corrected chi connectivity index (χ3v) is 4.93. The highest BCUT2D eigenvalue weighted by molar-refractivity contribution is 5.86. The van der Waals surface area contributed by atoms with Gasteiger partial charge in [0.25, 0.3) is 0 Å². The number of carbonyl (C=O) groups excluding carboxylic acids is 1. The number of hydrogen-bond acceptors (Lipinski definition) is 5. The first-order chi connectivity index (χ1) is 13.7. The average Bonchev–Trinajstić information content (AvgIpc) is 2.72. The molecule has 2 aromatic carbocycles. The number of aryl methyl sites for hydroxylation is 1. The van der Waals surface area contributed by atoms with Crippen molar-refractivity contribution in [2.24, 2.45) is 0 Å². The first-order valence-corrected chi connectivity index (χ1v) is 9.76. The molecule has 0 aromatic heterocycles. The average molecular weight is 383 g/mol. The molecule has 150 valence electrons. The van der Waals surface area contributed by atoms with Crippen molar-refractivity contribution in [1.29, 1.82) is 0 Å². The van der Waals surface area contributed by atoms with Gasteiger partial charge in [-0.2, -0.15) is 0 Å². The molecule has 1 aliphatic heterocycles. The molecule has 28 heavy (non-hydrogen) atoms. The monoisotopic (exact) mass is 383 g/mol. The predicted molar refractivity (Wildman–Crippen MR) is 112 cm³/mol. The zero-order valence-corrected chi connectivity index (χ0v) is 16.7. The molecule has 1 heterocycles. The minimum atomic E-state index is -0.450. The van der Waals surface area contributed by atoms with Crippen molar-refractivity contribution in [3.05, 3.63) is 54.1 Å². The van der Waals surface area contributed by atoms with Crippen LogP contribution in [0.4, 0.5) is 16.2 Å². The third kappa shape index (κ3) is 5.63. The molecule has 2 aromatic rings. The quantitative estimate of drug-likeness (QED) is 0.738. The summed E-state index contributed by atoms with van der Waals surface area (Å²) in [6.07, 6.45) is 0.373. The molecule has 0 atom stereocenters. The van der Waals surface area contributed by atoms with Crippen molar-refractivity contribution in [3.8, 4) is 5.75 Å². The number of amides is 1. The number of para-hydroxylation sites is 2. The number of piperazine rings is 1. The number of benzene rings is 2. The van der Waals surface area contributed by atoms with Gasteiger partial charge in [-0.3, -0.25) is 10.2 Å². The highest BCUT2D eigenvalue weighted by Crippen LogP contribution is 2.23. The minimum absolute atomic E-state index is 0.402. The Balaban J connectivity index is 1.33. The minimum Gasteiger partial charge on any atom is -0.495 e. The highest BCUT2D eigenvalue weighted by Gasteiger charge is 2.17. The third-order valence-electron chi connectivity index (χ3n) is 4.93. The largest absolute Gasteiger partial charge is 0.495 e. The summed E-state index contributed by atoms with van der Waals surface area (Å²) in [5.74, 6) is 0.617. The van der Waals surface area contributed by atoms with Crippen LogP contribution < -0.4 is 15.0 Å². The van der Waals surface area contributed by atoms with Crippen molar-refractivity contribution in [2.45, 2.75) is 13.3 Å². The maximum Gasteiger partial charge on any atom is 0.411 e. The van der Waals surface area contributed by atoms with E-state index in [4.69, 9.17) is 9.47 Å². The molecule has 1 aliphatic rings. The fraction of sp³-hybridized carbons (Fsp3) is 0.409. The zero-order valence-electron chi connectivity index (χ0n) is 16.7. The number of anilines is 2. The summed E-state index contributed by atoms with van der Waals surface area (Å²) in [7, 11) is 1.57. The van der Waals surface area contributed by atoms with Crippen molar-refractivity contribution < 1.29 is 14.3 Å². The molecule has 0 radical (unpaired) electrons. The predicted octanol–water partition coefficient (Wildman–Crippen LogP) is 3.76. The molecular formula is C22H29N3O3. The van der Waals surface area contributed by atoms with Gasteiger partial charge in [0.2, 0.25) is 0 Å². The van der Waals surface area contributed by atoms with E-state index in [1.165, 1.54) is 11.3 Å². The van der Waals surface area contributed by atoms with E-state index in [1.807, 2.05) is 12.1 Å². The molecule has 0 bridgehead atoms. The second-order valence-electron chi connectivity index (χ2n) is 6.98. The lowest BCUT2D eigenvalue weighted by atomic mass is 10.2. The van der Waals surface area contributed by atoms with Gasteiger partial charge in [0.05, 0.1) is 19.4 Å². The molecule has 6 heteroatoms. The highest BCUT2D eigenvalue weighted by atomic mass is 16.5. The zero-order chi connectivity index (χ0) is 19.8. The van der Waals surface area contributed by atoms with Gasteiger partial charge < -0.3 is 14.4 Å². The fourth-order valence-corrected chi connectivity index (χ4v) is 3.40. The SMILES string of the molecule is COc1ccccc1NC(=O)OCCCN1CCN(c2cccc(C)c2)CC1. The van der Waals surface area contributed by atoms with E-state index in [2.05, 4.69) is 46.3 Å². The van der Waals surface area contributed by atoms with Crippen LogP contribution in [0.3, 0.4) is 0 Å². The first kappa shape index (κ1) is 20.0. The molecule has 3 rings (SSSR count). The maximum absolute atomic E-state index is 11.9. The summed E-state index contributed by atoms with van der Waals surface area (Å²) in [5.41, 5.74) is 3.21. The Morgan fingerprint density at radius 2 is 1.86 bits per heavy atom. The van der Waals surface area contributed by atoms with Crippen molar-refractivity contribution >= 4 is 17.5 Å². The van der Waals surface area contributed by atoms with Gasteiger partial charge in [-0.1, -0.05) is 24.3 Å². The summed E-state index contributed by atoms with van der Waals surface area (Å²) in [5, 5.41) is 2.72. The van der Waals surface area contributed by atoms with Crippen LogP contribution in [-0.4, -0.2) is 57.4 Å². The van der Waals surface area contributed by atoms with Gasteiger partial charge in [-0.15, -0.1) is 0 Å². The normalized spacial score (nSPS) is 14.6. The smallest absolute Gasteiger partial charge is 0.411 e. The lowest BCUT2D eigenvalue weighted by Crippen LogP contribution is -2.46. The van der Waals surface area contributed by atoms with Crippen LogP contribution in [0.5, 0.6) is 5.75 Å². The maximum atomic E-state index is 11.9. The van der Waals surface area contributed by atoms with E-state index in [0.29, 0.717) is 18.0 Å². The Kier molecular flexibility index (Phi) is 7.14. The second-order valence-corrected chi connectivity index (χ2v) is 6.98. The lowest BCUT2D eigenvalue weighted by Gasteiger charge is -2.36. The Morgan fingerprint density at radius 3 is 2.61 bits per heavy atom. The number of rotatable bonds is 7. The van der Waals surface area contributed by atoms with Gasteiger partial charge in [0.15, 0.2) is 0 Å². The van der Waals surface area contributed by atoms with Crippen LogP contribution in [0.25, 0.3) is 0 Å². The number of methoxy groups -OCH3 is 1. The first-order valence-electron chi connectivity index (χ1n) is 9.76. The van der Waals surface area contributed by atoms with Crippen molar-refractivity contribution in [3.63, 3.8) is 0 Å². The van der Waals surface area contributed by atoms with E-state index < -0.39 is 6.09 Å². The molecule has 1 saturated heterocycles. The van der Waals surface area contributed by atoms with Gasteiger partial charge in [-0.25, -0.2) is 4.79 Å². The summed E-state index contributed by atoms with van der Waals surface area (Å²) < 4.78 is 10.5. The van der Waals surface area contributed by atoms with Crippen LogP contribution in [0.2, 0.25) is 0 Å². The number of hydrogen-bond donors (Lipinski definition) is 1. The molecule has 0 aliphatic carbocycles. The van der Waals surface area contributed by atoms with Crippen LogP contribution in [-0.2, 0) is 4.74 Å². The van der Waals surface area contributed by atoms with E-state index in [1.54, 1.807) is 19.2 Å². The van der Waals surface area contributed by atoms with Gasteiger partial charge >= 0.3 is 6.09 Å². The van der Waals surface area contributed by atoms with E-state index in [9.17, 15) is 4.79 Å². The fourth-order valence-electron chi connectivity index (χ4n) is 3.40. The Morgan fingerprint density at radius 1 is 1.07 bits per heavy atom. The van der Waals surface area contributed by atoms with E-state index in [0.717, 1.165) is 39.1 Å². The van der Waals surface area contributed by atoms with Crippen LogP contribution in [0, 0.1) is 6.92 Å². The molecule has 6 nitrogen and oxygen atoms in total. The molecule has 0 spiro atoms. The van der Waals surface area contributed by atoms with E-state index in [-0.39, 0.29) is 0 Å². The molecule has 1 fully saturated rings.